The lowest BCUT2D eigenvalue weighted by Gasteiger charge is -2.55. The highest BCUT2D eigenvalue weighted by molar-refractivity contribution is 7.91. The zero-order valence-electron chi connectivity index (χ0n) is 26.9. The Morgan fingerprint density at radius 2 is 1.91 bits per heavy atom. The van der Waals surface area contributed by atoms with Crippen molar-refractivity contribution in [1.29, 1.82) is 0 Å². The zero-order chi connectivity index (χ0) is 32.9. The van der Waals surface area contributed by atoms with Crippen molar-refractivity contribution in [2.45, 2.75) is 68.1 Å². The first-order chi connectivity index (χ1) is 22.7. The van der Waals surface area contributed by atoms with Crippen LogP contribution in [0.5, 0.6) is 0 Å². The second-order valence-electron chi connectivity index (χ2n) is 13.3. The van der Waals surface area contributed by atoms with Gasteiger partial charge in [0.15, 0.2) is 9.84 Å². The van der Waals surface area contributed by atoms with Gasteiger partial charge >= 0.3 is 0 Å². The number of amides is 1. The standard InChI is InChI=1S/C34H42FN7O4S/c1-4-33(43)41-15-6-8-26(41)21-10-11-28(42-19-24-27(42)7-5-9-30(24)47(3,44)45)23-18-37-32(17-22(21)23)38-31-12-14-36-34(39-31)40-16-13-29(46-2)25(35)20-40/h4,10-12,14,17-18,24-27,29-30H,1,5-9,13,15-16,19-20H2,2-3H3,(H,36,37,38,39)/t24-,25-,26-,27+,29+,30-/m0/s1. The lowest BCUT2D eigenvalue weighted by molar-refractivity contribution is -0.126. The number of halogens is 1. The number of benzene rings is 1. The average Bonchev–Trinajstić information content (AvgIpc) is 3.54. The summed E-state index contributed by atoms with van der Waals surface area (Å²) in [6, 6.07) is 8.05. The first-order valence-corrected chi connectivity index (χ1v) is 18.4. The van der Waals surface area contributed by atoms with Crippen molar-refractivity contribution in [3.8, 4) is 0 Å². The van der Waals surface area contributed by atoms with Crippen molar-refractivity contribution in [1.82, 2.24) is 19.9 Å². The maximum absolute atomic E-state index is 14.6. The highest BCUT2D eigenvalue weighted by Gasteiger charge is 2.49. The summed E-state index contributed by atoms with van der Waals surface area (Å²) < 4.78 is 45.0. The van der Waals surface area contributed by atoms with Crippen molar-refractivity contribution in [2.24, 2.45) is 5.92 Å². The molecule has 3 saturated heterocycles. The molecule has 3 aliphatic heterocycles. The molecule has 4 fully saturated rings. The minimum Gasteiger partial charge on any atom is -0.378 e. The number of rotatable bonds is 8. The van der Waals surface area contributed by atoms with E-state index in [1.807, 2.05) is 22.1 Å². The van der Waals surface area contributed by atoms with E-state index in [0.717, 1.165) is 54.1 Å². The summed E-state index contributed by atoms with van der Waals surface area (Å²) in [5.74, 6) is 1.59. The Labute approximate surface area is 275 Å². The number of carbonyl (C=O) groups excluding carboxylic acids is 1. The number of carbonyl (C=O) groups is 1. The van der Waals surface area contributed by atoms with Crippen LogP contribution < -0.4 is 15.1 Å². The molecule has 13 heteroatoms. The first kappa shape index (κ1) is 31.7. The molecule has 47 heavy (non-hydrogen) atoms. The van der Waals surface area contributed by atoms with Gasteiger partial charge in [0.05, 0.1) is 23.9 Å². The maximum Gasteiger partial charge on any atom is 0.246 e. The predicted octanol–water partition coefficient (Wildman–Crippen LogP) is 4.58. The van der Waals surface area contributed by atoms with Crippen LogP contribution in [0.2, 0.25) is 0 Å². The van der Waals surface area contributed by atoms with Crippen LogP contribution in [-0.2, 0) is 19.4 Å². The van der Waals surface area contributed by atoms with Gasteiger partial charge in [-0.1, -0.05) is 19.1 Å². The van der Waals surface area contributed by atoms with Gasteiger partial charge in [-0.05, 0) is 67.3 Å². The molecule has 0 radical (unpaired) electrons. The van der Waals surface area contributed by atoms with Gasteiger partial charge < -0.3 is 24.8 Å². The monoisotopic (exact) mass is 663 g/mol. The molecular weight excluding hydrogens is 621 g/mol. The number of nitrogens with one attached hydrogen (secondary N) is 1. The highest BCUT2D eigenvalue weighted by Crippen LogP contribution is 2.47. The summed E-state index contributed by atoms with van der Waals surface area (Å²) in [4.78, 5) is 32.8. The molecule has 0 bridgehead atoms. The van der Waals surface area contributed by atoms with Crippen LogP contribution in [0, 0.1) is 5.92 Å². The van der Waals surface area contributed by atoms with E-state index in [4.69, 9.17) is 9.72 Å². The number of piperidine rings is 1. The van der Waals surface area contributed by atoms with Gasteiger partial charge in [-0.2, -0.15) is 4.98 Å². The summed E-state index contributed by atoms with van der Waals surface area (Å²) in [7, 11) is -1.59. The molecule has 1 N–H and O–H groups in total. The highest BCUT2D eigenvalue weighted by atomic mass is 32.2. The molecule has 1 aromatic carbocycles. The number of methoxy groups -OCH3 is 1. The van der Waals surface area contributed by atoms with Crippen LogP contribution in [0.1, 0.15) is 50.1 Å². The number of fused-ring (bicyclic) bond motifs is 2. The molecule has 7 rings (SSSR count). The van der Waals surface area contributed by atoms with E-state index >= 15 is 0 Å². The quantitative estimate of drug-likeness (QED) is 0.343. The van der Waals surface area contributed by atoms with E-state index < -0.39 is 22.1 Å². The first-order valence-electron chi connectivity index (χ1n) is 16.5. The molecule has 0 unspecified atom stereocenters. The van der Waals surface area contributed by atoms with Crippen LogP contribution in [0.25, 0.3) is 10.8 Å². The number of likely N-dealkylation sites (tertiary alicyclic amines) is 1. The molecule has 2 aromatic heterocycles. The number of alkyl halides is 1. The molecule has 11 nitrogen and oxygen atoms in total. The van der Waals surface area contributed by atoms with Crippen molar-refractivity contribution in [3.05, 3.63) is 54.9 Å². The SMILES string of the molecule is C=CC(=O)N1CCC[C@H]1c1ccc(N2C[C@H]3[C@H]2CCC[C@@H]3S(C)(=O)=O)c2cnc(Nc3ccnc(N4CC[C@@H](OC)[C@@H](F)C4)n3)cc12. The molecule has 250 valence electrons. The number of aromatic nitrogens is 3. The van der Waals surface area contributed by atoms with Crippen LogP contribution in [0.15, 0.2) is 49.3 Å². The van der Waals surface area contributed by atoms with E-state index in [0.29, 0.717) is 43.6 Å². The van der Waals surface area contributed by atoms with E-state index in [1.165, 1.54) is 19.4 Å². The smallest absolute Gasteiger partial charge is 0.246 e. The zero-order valence-corrected chi connectivity index (χ0v) is 27.7. The van der Waals surface area contributed by atoms with Crippen LogP contribution >= 0.6 is 0 Å². The second kappa shape index (κ2) is 12.6. The number of nitrogens with zero attached hydrogens (tertiary/aromatic N) is 6. The fourth-order valence-electron chi connectivity index (χ4n) is 8.22. The van der Waals surface area contributed by atoms with Gasteiger partial charge in [-0.3, -0.25) is 4.79 Å². The van der Waals surface area contributed by atoms with E-state index in [-0.39, 0.29) is 35.7 Å². The molecule has 0 spiro atoms. The fraction of sp³-hybridized carbons (Fsp3) is 0.529. The summed E-state index contributed by atoms with van der Waals surface area (Å²) in [6.07, 6.45) is 9.56. The summed E-state index contributed by atoms with van der Waals surface area (Å²) in [5, 5.41) is 4.97. The lowest BCUT2D eigenvalue weighted by Crippen LogP contribution is -2.63. The van der Waals surface area contributed by atoms with Crippen molar-refractivity contribution in [2.75, 3.05) is 54.7 Å². The number of ether oxygens (including phenoxy) is 1. The predicted molar refractivity (Wildman–Crippen MR) is 181 cm³/mol. The molecule has 1 amide bonds. The Hall–Kier alpha value is -3.84. The number of hydrogen-bond acceptors (Lipinski definition) is 10. The number of sulfone groups is 1. The van der Waals surface area contributed by atoms with E-state index in [2.05, 4.69) is 38.9 Å². The van der Waals surface area contributed by atoms with Crippen molar-refractivity contribution >= 4 is 49.8 Å². The van der Waals surface area contributed by atoms with Crippen molar-refractivity contribution < 1.29 is 22.3 Å². The van der Waals surface area contributed by atoms with Gasteiger partial charge in [-0.15, -0.1) is 0 Å². The van der Waals surface area contributed by atoms with Crippen LogP contribution in [0.3, 0.4) is 0 Å². The number of hydrogen-bond donors (Lipinski definition) is 1. The number of pyridine rings is 1. The fourth-order valence-corrected chi connectivity index (χ4v) is 9.72. The molecule has 5 heterocycles. The van der Waals surface area contributed by atoms with E-state index in [1.54, 1.807) is 12.3 Å². The van der Waals surface area contributed by atoms with E-state index in [9.17, 15) is 17.6 Å². The van der Waals surface area contributed by atoms with Crippen molar-refractivity contribution in [3.63, 3.8) is 0 Å². The molecule has 1 aliphatic carbocycles. The third-order valence-corrected chi connectivity index (χ3v) is 12.3. The Morgan fingerprint density at radius 3 is 2.68 bits per heavy atom. The summed E-state index contributed by atoms with van der Waals surface area (Å²) >= 11 is 0. The van der Waals surface area contributed by atoms with Gasteiger partial charge in [0.25, 0.3) is 0 Å². The van der Waals surface area contributed by atoms with Gasteiger partial charge in [0.2, 0.25) is 11.9 Å². The Balaban J connectivity index is 1.22. The molecule has 3 aromatic rings. The minimum absolute atomic E-state index is 0.0877. The molecule has 1 saturated carbocycles. The summed E-state index contributed by atoms with van der Waals surface area (Å²) in [5.41, 5.74) is 2.07. The Kier molecular flexibility index (Phi) is 8.54. The Bertz CT molecular complexity index is 1790. The minimum atomic E-state index is -3.12. The van der Waals surface area contributed by atoms with Gasteiger partial charge in [0, 0.05) is 68.4 Å². The third kappa shape index (κ3) is 5.92. The third-order valence-electron chi connectivity index (χ3n) is 10.6. The van der Waals surface area contributed by atoms with Gasteiger partial charge in [-0.25, -0.2) is 22.8 Å². The Morgan fingerprint density at radius 1 is 1.06 bits per heavy atom. The lowest BCUT2D eigenvalue weighted by atomic mass is 9.75. The topological polar surface area (TPSA) is 121 Å². The summed E-state index contributed by atoms with van der Waals surface area (Å²) in [6.45, 7) is 5.83. The number of anilines is 4. The molecule has 4 aliphatic rings. The maximum atomic E-state index is 14.6. The average molecular weight is 664 g/mol. The van der Waals surface area contributed by atoms with Crippen LogP contribution in [0.4, 0.5) is 27.7 Å². The normalized spacial score (nSPS) is 27.8. The molecule has 6 atom stereocenters. The van der Waals surface area contributed by atoms with Gasteiger partial charge in [0.1, 0.15) is 17.8 Å². The largest absolute Gasteiger partial charge is 0.378 e. The molecular formula is C34H42FN7O4S. The van der Waals surface area contributed by atoms with Crippen LogP contribution in [-0.4, -0.2) is 97.3 Å². The second-order valence-corrected chi connectivity index (χ2v) is 15.5.